The first-order chi connectivity index (χ1) is 7.95. The van der Waals surface area contributed by atoms with Gasteiger partial charge in [-0.2, -0.15) is 5.10 Å². The summed E-state index contributed by atoms with van der Waals surface area (Å²) >= 11 is 0. The van der Waals surface area contributed by atoms with Gasteiger partial charge in [0.1, 0.15) is 5.54 Å². The number of aliphatic carboxylic acids is 1. The van der Waals surface area contributed by atoms with Crippen molar-refractivity contribution in [3.8, 4) is 0 Å². The summed E-state index contributed by atoms with van der Waals surface area (Å²) in [6.45, 7) is 2.08. The molecule has 1 saturated heterocycles. The van der Waals surface area contributed by atoms with Crippen LogP contribution < -0.4 is 0 Å². The molecule has 0 spiro atoms. The number of likely N-dealkylation sites (tertiary alicyclic amines) is 1. The van der Waals surface area contributed by atoms with E-state index in [0.29, 0.717) is 18.5 Å². The fourth-order valence-electron chi connectivity index (χ4n) is 2.20. The molecule has 1 unspecified atom stereocenters. The largest absolute Gasteiger partial charge is 0.480 e. The molecule has 0 aromatic carbocycles. The number of carbonyl (C=O) groups is 2. The quantitative estimate of drug-likeness (QED) is 0.812. The Hall–Kier alpha value is -1.85. The zero-order valence-corrected chi connectivity index (χ0v) is 9.88. The van der Waals surface area contributed by atoms with E-state index in [0.717, 1.165) is 6.42 Å². The minimum absolute atomic E-state index is 0.263. The van der Waals surface area contributed by atoms with Crippen molar-refractivity contribution in [2.45, 2.75) is 25.3 Å². The van der Waals surface area contributed by atoms with E-state index in [1.165, 1.54) is 15.8 Å². The molecule has 1 aromatic heterocycles. The van der Waals surface area contributed by atoms with E-state index < -0.39 is 11.5 Å². The van der Waals surface area contributed by atoms with E-state index in [1.807, 2.05) is 0 Å². The Morgan fingerprint density at radius 3 is 2.76 bits per heavy atom. The molecule has 2 heterocycles. The SMILES string of the molecule is Cn1cc(C(=O)N2CCCC2(C)C(=O)O)cn1. The van der Waals surface area contributed by atoms with Gasteiger partial charge in [0.05, 0.1) is 11.8 Å². The zero-order valence-electron chi connectivity index (χ0n) is 9.88. The molecule has 0 radical (unpaired) electrons. The van der Waals surface area contributed by atoms with Crippen LogP contribution in [0.4, 0.5) is 0 Å². The summed E-state index contributed by atoms with van der Waals surface area (Å²) in [5, 5.41) is 13.2. The summed E-state index contributed by atoms with van der Waals surface area (Å²) in [7, 11) is 1.72. The van der Waals surface area contributed by atoms with Crippen LogP contribution in [0.25, 0.3) is 0 Å². The lowest BCUT2D eigenvalue weighted by Crippen LogP contribution is -2.50. The average molecular weight is 237 g/mol. The van der Waals surface area contributed by atoms with Crippen molar-refractivity contribution in [2.24, 2.45) is 7.05 Å². The van der Waals surface area contributed by atoms with Crippen molar-refractivity contribution in [3.63, 3.8) is 0 Å². The van der Waals surface area contributed by atoms with Crippen molar-refractivity contribution in [3.05, 3.63) is 18.0 Å². The fourth-order valence-corrected chi connectivity index (χ4v) is 2.20. The summed E-state index contributed by atoms with van der Waals surface area (Å²) in [5.74, 6) is -1.22. The van der Waals surface area contributed by atoms with Crippen LogP contribution in [0.2, 0.25) is 0 Å². The standard InChI is InChI=1S/C11H15N3O3/c1-11(10(16)17)4-3-5-14(11)9(15)8-6-12-13(2)7-8/h6-7H,3-5H2,1-2H3,(H,16,17). The van der Waals surface area contributed by atoms with Crippen LogP contribution in [0.1, 0.15) is 30.1 Å². The number of carbonyl (C=O) groups excluding carboxylic acids is 1. The first kappa shape index (κ1) is 11.6. The van der Waals surface area contributed by atoms with E-state index in [4.69, 9.17) is 0 Å². The minimum atomic E-state index is -1.09. The molecule has 0 saturated carbocycles. The molecule has 1 aliphatic rings. The Balaban J connectivity index is 2.28. The third-order valence-electron chi connectivity index (χ3n) is 3.30. The highest BCUT2D eigenvalue weighted by atomic mass is 16.4. The molecular formula is C11H15N3O3. The number of aromatic nitrogens is 2. The summed E-state index contributed by atoms with van der Waals surface area (Å²) in [4.78, 5) is 24.9. The molecule has 1 atom stereocenters. The lowest BCUT2D eigenvalue weighted by Gasteiger charge is -2.30. The van der Waals surface area contributed by atoms with Gasteiger partial charge >= 0.3 is 5.97 Å². The number of amides is 1. The van der Waals surface area contributed by atoms with Crippen molar-refractivity contribution >= 4 is 11.9 Å². The lowest BCUT2D eigenvalue weighted by molar-refractivity contribution is -0.147. The molecular weight excluding hydrogens is 222 g/mol. The van der Waals surface area contributed by atoms with Crippen LogP contribution in [0, 0.1) is 0 Å². The highest BCUT2D eigenvalue weighted by Crippen LogP contribution is 2.30. The molecule has 0 aliphatic carbocycles. The van der Waals surface area contributed by atoms with Gasteiger partial charge in [0, 0.05) is 19.8 Å². The summed E-state index contributed by atoms with van der Waals surface area (Å²) < 4.78 is 1.53. The van der Waals surface area contributed by atoms with Crippen molar-refractivity contribution in [2.75, 3.05) is 6.54 Å². The van der Waals surface area contributed by atoms with Gasteiger partial charge in [-0.3, -0.25) is 9.48 Å². The van der Waals surface area contributed by atoms with Crippen LogP contribution in [0.5, 0.6) is 0 Å². The normalized spacial score (nSPS) is 24.0. The van der Waals surface area contributed by atoms with Crippen molar-refractivity contribution in [1.82, 2.24) is 14.7 Å². The second-order valence-electron chi connectivity index (χ2n) is 4.54. The Kier molecular flexibility index (Phi) is 2.65. The van der Waals surface area contributed by atoms with Gasteiger partial charge in [-0.15, -0.1) is 0 Å². The molecule has 1 fully saturated rings. The molecule has 2 rings (SSSR count). The number of carboxylic acids is 1. The van der Waals surface area contributed by atoms with Gasteiger partial charge in [-0.25, -0.2) is 4.79 Å². The second kappa shape index (κ2) is 3.87. The first-order valence-electron chi connectivity index (χ1n) is 5.49. The second-order valence-corrected chi connectivity index (χ2v) is 4.54. The van der Waals surface area contributed by atoms with Crippen LogP contribution in [0.3, 0.4) is 0 Å². The topological polar surface area (TPSA) is 75.4 Å². The van der Waals surface area contributed by atoms with E-state index in [9.17, 15) is 14.7 Å². The number of rotatable bonds is 2. The van der Waals surface area contributed by atoms with Gasteiger partial charge < -0.3 is 10.0 Å². The highest BCUT2D eigenvalue weighted by molar-refractivity contribution is 5.97. The molecule has 1 aliphatic heterocycles. The van der Waals surface area contributed by atoms with Crippen LogP contribution in [-0.4, -0.2) is 43.7 Å². The van der Waals surface area contributed by atoms with Crippen molar-refractivity contribution in [1.29, 1.82) is 0 Å². The number of nitrogens with zero attached hydrogens (tertiary/aromatic N) is 3. The van der Waals surface area contributed by atoms with Crippen molar-refractivity contribution < 1.29 is 14.7 Å². The average Bonchev–Trinajstić information content (AvgIpc) is 2.85. The number of aryl methyl sites for hydroxylation is 1. The summed E-state index contributed by atoms with van der Waals surface area (Å²) in [6.07, 6.45) is 4.27. The molecule has 92 valence electrons. The monoisotopic (exact) mass is 237 g/mol. The van der Waals surface area contributed by atoms with Gasteiger partial charge in [0.25, 0.3) is 5.91 Å². The predicted octanol–water partition coefficient (Wildman–Crippen LogP) is 0.499. The van der Waals surface area contributed by atoms with Crippen LogP contribution in [0.15, 0.2) is 12.4 Å². The maximum absolute atomic E-state index is 12.2. The maximum atomic E-state index is 12.2. The van der Waals surface area contributed by atoms with E-state index in [1.54, 1.807) is 20.2 Å². The molecule has 1 amide bonds. The predicted molar refractivity (Wildman–Crippen MR) is 59.5 cm³/mol. The van der Waals surface area contributed by atoms with Gasteiger partial charge in [0.15, 0.2) is 0 Å². The molecule has 6 heteroatoms. The Bertz CT molecular complexity index is 468. The molecule has 1 N–H and O–H groups in total. The summed E-state index contributed by atoms with van der Waals surface area (Å²) in [5.41, 5.74) is -0.658. The first-order valence-corrected chi connectivity index (χ1v) is 5.49. The van der Waals surface area contributed by atoms with Crippen LogP contribution in [-0.2, 0) is 11.8 Å². The number of carboxylic acid groups (broad SMARTS) is 1. The number of hydrogen-bond acceptors (Lipinski definition) is 3. The zero-order chi connectivity index (χ0) is 12.6. The fraction of sp³-hybridized carbons (Fsp3) is 0.545. The Morgan fingerprint density at radius 2 is 2.24 bits per heavy atom. The molecule has 0 bridgehead atoms. The smallest absolute Gasteiger partial charge is 0.329 e. The Morgan fingerprint density at radius 1 is 1.53 bits per heavy atom. The maximum Gasteiger partial charge on any atom is 0.329 e. The third kappa shape index (κ3) is 1.79. The minimum Gasteiger partial charge on any atom is -0.480 e. The van der Waals surface area contributed by atoms with E-state index >= 15 is 0 Å². The molecule has 6 nitrogen and oxygen atoms in total. The van der Waals surface area contributed by atoms with Gasteiger partial charge in [0.2, 0.25) is 0 Å². The third-order valence-corrected chi connectivity index (χ3v) is 3.30. The Labute approximate surface area is 98.8 Å². The van der Waals surface area contributed by atoms with Gasteiger partial charge in [-0.05, 0) is 19.8 Å². The van der Waals surface area contributed by atoms with Gasteiger partial charge in [-0.1, -0.05) is 0 Å². The van der Waals surface area contributed by atoms with E-state index in [2.05, 4.69) is 5.10 Å². The van der Waals surface area contributed by atoms with E-state index in [-0.39, 0.29) is 5.91 Å². The molecule has 17 heavy (non-hydrogen) atoms. The molecule has 1 aromatic rings. The highest BCUT2D eigenvalue weighted by Gasteiger charge is 2.46. The summed E-state index contributed by atoms with van der Waals surface area (Å²) in [6, 6.07) is 0. The number of hydrogen-bond donors (Lipinski definition) is 1. The lowest BCUT2D eigenvalue weighted by atomic mass is 9.99. The van der Waals surface area contributed by atoms with Crippen LogP contribution >= 0.6 is 0 Å².